The van der Waals surface area contributed by atoms with Crippen molar-refractivity contribution in [1.29, 1.82) is 0 Å². The van der Waals surface area contributed by atoms with Gasteiger partial charge in [0.15, 0.2) is 5.58 Å². The monoisotopic (exact) mass is 616 g/mol. The van der Waals surface area contributed by atoms with Crippen LogP contribution in [0.4, 0.5) is 10.6 Å². The number of hydrogen-bond donors (Lipinski definition) is 2. The lowest BCUT2D eigenvalue weighted by atomic mass is 10.1. The number of nitrogens with zero attached hydrogens (tertiary/aromatic N) is 4. The molecule has 3 amide bonds. The molecule has 44 heavy (non-hydrogen) atoms. The van der Waals surface area contributed by atoms with Crippen LogP contribution in [-0.2, 0) is 16.1 Å². The average Bonchev–Trinajstić information content (AvgIpc) is 3.42. The maximum atomic E-state index is 13.1. The summed E-state index contributed by atoms with van der Waals surface area (Å²) in [5.74, 6) is 0.501. The Labute approximate surface area is 259 Å². The van der Waals surface area contributed by atoms with Gasteiger partial charge in [0.25, 0.3) is 5.91 Å². The van der Waals surface area contributed by atoms with Gasteiger partial charge in [0.1, 0.15) is 17.2 Å². The van der Waals surface area contributed by atoms with Crippen molar-refractivity contribution in [2.75, 3.05) is 31.9 Å². The number of furan rings is 1. The number of rotatable bonds is 6. The van der Waals surface area contributed by atoms with Gasteiger partial charge in [-0.2, -0.15) is 0 Å². The van der Waals surface area contributed by atoms with E-state index in [1.165, 1.54) is 6.08 Å². The molecule has 3 N–H and O–H groups in total. The lowest BCUT2D eigenvalue weighted by Gasteiger charge is -2.35. The summed E-state index contributed by atoms with van der Waals surface area (Å²) in [7, 11) is 0. The molecule has 11 nitrogen and oxygen atoms in total. The number of nitrogen functional groups attached to an aromatic ring is 1. The van der Waals surface area contributed by atoms with Gasteiger partial charge in [-0.15, -0.1) is 0 Å². The third-order valence-electron chi connectivity index (χ3n) is 6.82. The van der Waals surface area contributed by atoms with Crippen LogP contribution in [0.1, 0.15) is 42.5 Å². The van der Waals surface area contributed by atoms with Gasteiger partial charge in [-0.25, -0.2) is 9.78 Å². The minimum atomic E-state index is -0.570. The van der Waals surface area contributed by atoms with E-state index in [1.807, 2.05) is 32.9 Å². The van der Waals surface area contributed by atoms with Crippen molar-refractivity contribution in [3.05, 3.63) is 82.8 Å². The van der Waals surface area contributed by atoms with Crippen molar-refractivity contribution in [3.63, 3.8) is 0 Å². The van der Waals surface area contributed by atoms with Gasteiger partial charge in [0.05, 0.1) is 22.8 Å². The molecule has 1 aliphatic heterocycles. The molecule has 4 aromatic rings. The highest BCUT2D eigenvalue weighted by molar-refractivity contribution is 6.35. The van der Waals surface area contributed by atoms with Gasteiger partial charge < -0.3 is 30.0 Å². The molecule has 12 heteroatoms. The van der Waals surface area contributed by atoms with E-state index in [0.717, 1.165) is 16.5 Å². The van der Waals surface area contributed by atoms with Crippen LogP contribution in [0.15, 0.2) is 65.4 Å². The van der Waals surface area contributed by atoms with E-state index in [2.05, 4.69) is 15.3 Å². The molecule has 0 unspecified atom stereocenters. The van der Waals surface area contributed by atoms with Gasteiger partial charge in [0, 0.05) is 55.6 Å². The van der Waals surface area contributed by atoms with Gasteiger partial charge in [-0.3, -0.25) is 14.6 Å². The summed E-state index contributed by atoms with van der Waals surface area (Å²) in [6, 6.07) is 12.4. The number of anilines is 1. The molecular weight excluding hydrogens is 584 g/mol. The number of nitrogens with two attached hydrogens (primary N) is 1. The minimum Gasteiger partial charge on any atom is -0.458 e. The van der Waals surface area contributed by atoms with Gasteiger partial charge in [0.2, 0.25) is 5.91 Å². The number of amides is 3. The van der Waals surface area contributed by atoms with Crippen molar-refractivity contribution in [1.82, 2.24) is 25.1 Å². The second-order valence-electron chi connectivity index (χ2n) is 11.3. The first-order valence-electron chi connectivity index (χ1n) is 14.1. The first-order chi connectivity index (χ1) is 20.9. The Morgan fingerprint density at radius 1 is 1.02 bits per heavy atom. The predicted octanol–water partition coefficient (Wildman–Crippen LogP) is 5.15. The summed E-state index contributed by atoms with van der Waals surface area (Å²) in [5.41, 5.74) is 8.11. The molecule has 0 bridgehead atoms. The molecule has 1 aliphatic rings. The highest BCUT2D eigenvalue weighted by Crippen LogP contribution is 2.32. The zero-order valence-corrected chi connectivity index (χ0v) is 25.4. The molecule has 228 valence electrons. The van der Waals surface area contributed by atoms with E-state index in [-0.39, 0.29) is 24.5 Å². The molecule has 1 saturated heterocycles. The first-order valence-corrected chi connectivity index (χ1v) is 14.5. The van der Waals surface area contributed by atoms with Crippen molar-refractivity contribution < 1.29 is 23.5 Å². The SMILES string of the molecule is CC(C)(C)OC(=O)N1CCN(C(=O)c2ccc(-c3cc(Cl)c4oc(CNC(=O)C=Cc5ccc(N)nc5)cc4c3)nc2)CC1. The quantitative estimate of drug-likeness (QED) is 0.283. The maximum Gasteiger partial charge on any atom is 0.410 e. The lowest BCUT2D eigenvalue weighted by Crippen LogP contribution is -2.51. The maximum absolute atomic E-state index is 13.1. The number of benzene rings is 1. The number of piperazine rings is 1. The van der Waals surface area contributed by atoms with E-state index >= 15 is 0 Å². The van der Waals surface area contributed by atoms with E-state index in [9.17, 15) is 14.4 Å². The third-order valence-corrected chi connectivity index (χ3v) is 7.10. The number of hydrogen-bond acceptors (Lipinski definition) is 8. The second kappa shape index (κ2) is 12.8. The predicted molar refractivity (Wildman–Crippen MR) is 168 cm³/mol. The van der Waals surface area contributed by atoms with Crippen LogP contribution in [0.2, 0.25) is 5.02 Å². The second-order valence-corrected chi connectivity index (χ2v) is 11.8. The van der Waals surface area contributed by atoms with Crippen molar-refractivity contribution in [3.8, 4) is 11.3 Å². The summed E-state index contributed by atoms with van der Waals surface area (Å²) >= 11 is 6.54. The van der Waals surface area contributed by atoms with Crippen LogP contribution in [0.5, 0.6) is 0 Å². The van der Waals surface area contributed by atoms with Crippen molar-refractivity contribution >= 4 is 52.4 Å². The Morgan fingerprint density at radius 2 is 1.77 bits per heavy atom. The zero-order valence-electron chi connectivity index (χ0n) is 24.7. The number of nitrogens with one attached hydrogen (secondary N) is 1. The number of pyridine rings is 2. The first kappa shape index (κ1) is 30.6. The number of carbonyl (C=O) groups is 3. The molecule has 0 atom stereocenters. The summed E-state index contributed by atoms with van der Waals surface area (Å²) in [4.78, 5) is 49.5. The van der Waals surface area contributed by atoms with Gasteiger partial charge >= 0.3 is 6.09 Å². The molecular formula is C32H33ClN6O5. The molecule has 4 heterocycles. The van der Waals surface area contributed by atoms with Gasteiger partial charge in [-0.1, -0.05) is 11.6 Å². The summed E-state index contributed by atoms with van der Waals surface area (Å²) in [6.45, 7) is 7.27. The zero-order chi connectivity index (χ0) is 31.4. The van der Waals surface area contributed by atoms with Crippen LogP contribution in [0, 0.1) is 0 Å². The van der Waals surface area contributed by atoms with E-state index < -0.39 is 5.60 Å². The van der Waals surface area contributed by atoms with Crippen molar-refractivity contribution in [2.24, 2.45) is 0 Å². The Morgan fingerprint density at radius 3 is 2.43 bits per heavy atom. The van der Waals surface area contributed by atoms with Crippen LogP contribution < -0.4 is 11.1 Å². The van der Waals surface area contributed by atoms with E-state index in [1.54, 1.807) is 58.6 Å². The summed E-state index contributed by atoms with van der Waals surface area (Å²) in [5, 5.41) is 3.94. The normalized spacial score (nSPS) is 13.8. The average molecular weight is 617 g/mol. The van der Waals surface area contributed by atoms with E-state index in [0.29, 0.717) is 59.6 Å². The lowest BCUT2D eigenvalue weighted by molar-refractivity contribution is -0.116. The summed E-state index contributed by atoms with van der Waals surface area (Å²) < 4.78 is 11.3. The van der Waals surface area contributed by atoms with Crippen LogP contribution in [-0.4, -0.2) is 69.5 Å². The fourth-order valence-corrected chi connectivity index (χ4v) is 4.88. The van der Waals surface area contributed by atoms with Crippen LogP contribution in [0.25, 0.3) is 28.3 Å². The van der Waals surface area contributed by atoms with Crippen LogP contribution in [0.3, 0.4) is 0 Å². The Kier molecular flexibility index (Phi) is 8.86. The molecule has 0 aliphatic carbocycles. The van der Waals surface area contributed by atoms with E-state index in [4.69, 9.17) is 26.5 Å². The van der Waals surface area contributed by atoms with Crippen molar-refractivity contribution in [2.45, 2.75) is 32.9 Å². The number of halogens is 1. The highest BCUT2D eigenvalue weighted by Gasteiger charge is 2.28. The largest absolute Gasteiger partial charge is 0.458 e. The van der Waals surface area contributed by atoms with Crippen LogP contribution >= 0.6 is 11.6 Å². The topological polar surface area (TPSA) is 144 Å². The standard InChI is InChI=1S/C32H33ClN6O5/c1-32(2,3)44-31(42)39-12-10-38(11-13-39)30(41)21-6-7-26(35-18-21)22-14-23-15-24(43-29(23)25(33)16-22)19-37-28(40)9-5-20-4-8-27(34)36-17-20/h4-9,14-18H,10-13,19H2,1-3H3,(H2,34,36)(H,37,40). The Bertz CT molecular complexity index is 1700. The molecule has 0 radical (unpaired) electrons. The molecule has 0 saturated carbocycles. The number of carbonyl (C=O) groups excluding carboxylic acids is 3. The molecule has 1 aromatic carbocycles. The fourth-order valence-electron chi connectivity index (χ4n) is 4.61. The molecule has 3 aromatic heterocycles. The highest BCUT2D eigenvalue weighted by atomic mass is 35.5. The number of aromatic nitrogens is 2. The minimum absolute atomic E-state index is 0.150. The number of ether oxygens (including phenoxy) is 1. The third kappa shape index (κ3) is 7.54. The molecule has 0 spiro atoms. The summed E-state index contributed by atoms with van der Waals surface area (Å²) in [6.07, 6.45) is 5.80. The molecule has 1 fully saturated rings. The number of fused-ring (bicyclic) bond motifs is 1. The van der Waals surface area contributed by atoms with Gasteiger partial charge in [-0.05, 0) is 74.9 Å². The Balaban J connectivity index is 1.19. The molecule has 5 rings (SSSR count). The Hall–Kier alpha value is -4.90. The fraction of sp³-hybridized carbons (Fsp3) is 0.281. The smallest absolute Gasteiger partial charge is 0.410 e.